The lowest BCUT2D eigenvalue weighted by Gasteiger charge is -2.23. The van der Waals surface area contributed by atoms with Crippen molar-refractivity contribution in [2.75, 3.05) is 31.6 Å². The zero-order chi connectivity index (χ0) is 23.8. The summed E-state index contributed by atoms with van der Waals surface area (Å²) in [6.07, 6.45) is 0.367. The molecule has 4 rings (SSSR count). The summed E-state index contributed by atoms with van der Waals surface area (Å²) in [5.74, 6) is -5.46. The summed E-state index contributed by atoms with van der Waals surface area (Å²) in [4.78, 5) is 12.4. The van der Waals surface area contributed by atoms with E-state index in [1.54, 1.807) is 0 Å². The van der Waals surface area contributed by atoms with Crippen molar-refractivity contribution in [2.45, 2.75) is 29.9 Å². The molecule has 2 aliphatic rings. The molecule has 33 heavy (non-hydrogen) atoms. The number of benzene rings is 2. The summed E-state index contributed by atoms with van der Waals surface area (Å²) in [7, 11) is -4.20. The number of rotatable bonds is 6. The Bertz CT molecular complexity index is 1150. The summed E-state index contributed by atoms with van der Waals surface area (Å²) in [6, 6.07) is 4.95. The molecule has 0 bridgehead atoms. The van der Waals surface area contributed by atoms with Crippen molar-refractivity contribution in [3.05, 3.63) is 53.3 Å². The van der Waals surface area contributed by atoms with E-state index in [9.17, 15) is 31.5 Å². The van der Waals surface area contributed by atoms with Gasteiger partial charge in [-0.1, -0.05) is 0 Å². The maximum absolute atomic E-state index is 13.5. The van der Waals surface area contributed by atoms with Gasteiger partial charge in [0.1, 0.15) is 10.6 Å². The molecule has 1 atom stereocenters. The number of sulfonamides is 1. The van der Waals surface area contributed by atoms with Gasteiger partial charge in [-0.15, -0.1) is 0 Å². The quantitative estimate of drug-likeness (QED) is 0.607. The highest BCUT2D eigenvalue weighted by atomic mass is 32.2. The monoisotopic (exact) mass is 486 g/mol. The largest absolute Gasteiger partial charge is 0.489 e. The van der Waals surface area contributed by atoms with E-state index < -0.39 is 39.5 Å². The van der Waals surface area contributed by atoms with E-state index >= 15 is 0 Å². The van der Waals surface area contributed by atoms with Gasteiger partial charge in [0.05, 0.1) is 25.4 Å². The summed E-state index contributed by atoms with van der Waals surface area (Å²) in [5, 5.41) is 12.2. The second-order valence-electron chi connectivity index (χ2n) is 7.78. The lowest BCUT2D eigenvalue weighted by molar-refractivity contribution is 0.0583. The van der Waals surface area contributed by atoms with Crippen molar-refractivity contribution in [1.29, 1.82) is 0 Å². The molecule has 2 aromatic carbocycles. The number of ether oxygens (including phenoxy) is 2. The van der Waals surface area contributed by atoms with Gasteiger partial charge in [0.25, 0.3) is 5.91 Å². The van der Waals surface area contributed by atoms with Gasteiger partial charge in [-0.3, -0.25) is 4.79 Å². The molecule has 12 heteroatoms. The molecule has 2 aromatic rings. The molecule has 1 aliphatic carbocycles. The van der Waals surface area contributed by atoms with E-state index in [-0.39, 0.29) is 54.3 Å². The standard InChI is InChI=1S/C21H21F3N2O6S/c22-16-8-13(9-17(23)20(16)24)25-21(28)12-1-4-18(32-15-2-3-15)19(7-12)33(29,30)26-5-6-31-11-14(27)10-26/h1,4,7-9,14-15,27H,2-3,5-6,10-11H2,(H,25,28). The first-order valence-electron chi connectivity index (χ1n) is 10.2. The van der Waals surface area contributed by atoms with Crippen LogP contribution in [0.1, 0.15) is 23.2 Å². The van der Waals surface area contributed by atoms with Crippen LogP contribution in [0.4, 0.5) is 18.9 Å². The van der Waals surface area contributed by atoms with Crippen molar-refractivity contribution >= 4 is 21.6 Å². The number of halogens is 3. The molecule has 1 unspecified atom stereocenters. The lowest BCUT2D eigenvalue weighted by atomic mass is 10.2. The minimum Gasteiger partial charge on any atom is -0.489 e. The van der Waals surface area contributed by atoms with Gasteiger partial charge in [0, 0.05) is 36.5 Å². The smallest absolute Gasteiger partial charge is 0.255 e. The molecule has 0 radical (unpaired) electrons. The van der Waals surface area contributed by atoms with Gasteiger partial charge in [-0.2, -0.15) is 4.31 Å². The van der Waals surface area contributed by atoms with Crippen LogP contribution in [0.3, 0.4) is 0 Å². The second kappa shape index (κ2) is 9.29. The summed E-state index contributed by atoms with van der Waals surface area (Å²) < 4.78 is 78.8. The molecule has 1 saturated carbocycles. The number of nitrogens with zero attached hydrogens (tertiary/aromatic N) is 1. The highest BCUT2D eigenvalue weighted by molar-refractivity contribution is 7.89. The Labute approximate surface area is 188 Å². The van der Waals surface area contributed by atoms with Gasteiger partial charge in [-0.25, -0.2) is 21.6 Å². The van der Waals surface area contributed by atoms with Gasteiger partial charge in [0.15, 0.2) is 17.5 Å². The van der Waals surface area contributed by atoms with E-state index in [0.29, 0.717) is 12.1 Å². The number of β-amino-alcohol motifs (C(OH)–C–C–N with tert-alkyl or cyclic N) is 1. The predicted molar refractivity (Wildman–Crippen MR) is 110 cm³/mol. The maximum atomic E-state index is 13.5. The Morgan fingerprint density at radius 2 is 1.85 bits per heavy atom. The molecule has 178 valence electrons. The van der Waals surface area contributed by atoms with E-state index in [4.69, 9.17) is 9.47 Å². The third kappa shape index (κ3) is 5.29. The topological polar surface area (TPSA) is 105 Å². The summed E-state index contributed by atoms with van der Waals surface area (Å²) in [5.41, 5.74) is -0.472. The number of nitrogens with one attached hydrogen (secondary N) is 1. The summed E-state index contributed by atoms with van der Waals surface area (Å²) >= 11 is 0. The predicted octanol–water partition coefficient (Wildman–Crippen LogP) is 2.28. The van der Waals surface area contributed by atoms with Gasteiger partial charge in [-0.05, 0) is 31.0 Å². The Morgan fingerprint density at radius 1 is 1.15 bits per heavy atom. The number of aliphatic hydroxyl groups is 1. The molecule has 1 amide bonds. The highest BCUT2D eigenvalue weighted by Gasteiger charge is 2.34. The van der Waals surface area contributed by atoms with E-state index in [0.717, 1.165) is 23.2 Å². The molecule has 1 saturated heterocycles. The Morgan fingerprint density at radius 3 is 2.52 bits per heavy atom. The number of hydrogen-bond acceptors (Lipinski definition) is 6. The van der Waals surface area contributed by atoms with Crippen LogP contribution < -0.4 is 10.1 Å². The molecule has 2 fully saturated rings. The van der Waals surface area contributed by atoms with Crippen molar-refractivity contribution in [3.63, 3.8) is 0 Å². The number of anilines is 1. The maximum Gasteiger partial charge on any atom is 0.255 e. The molecule has 1 aliphatic heterocycles. The first-order valence-corrected chi connectivity index (χ1v) is 11.6. The van der Waals surface area contributed by atoms with Gasteiger partial charge >= 0.3 is 0 Å². The minimum absolute atomic E-state index is 0.00712. The van der Waals surface area contributed by atoms with Crippen LogP contribution in [0, 0.1) is 17.5 Å². The Hall–Kier alpha value is -2.67. The average molecular weight is 486 g/mol. The highest BCUT2D eigenvalue weighted by Crippen LogP contribution is 2.34. The van der Waals surface area contributed by atoms with E-state index in [1.165, 1.54) is 12.1 Å². The fourth-order valence-electron chi connectivity index (χ4n) is 3.27. The molecule has 1 heterocycles. The van der Waals surface area contributed by atoms with Crippen molar-refractivity contribution in [2.24, 2.45) is 0 Å². The summed E-state index contributed by atoms with van der Waals surface area (Å²) in [6.45, 7) is -0.135. The first-order chi connectivity index (χ1) is 15.6. The number of carbonyl (C=O) groups excluding carboxylic acids is 1. The second-order valence-corrected chi connectivity index (χ2v) is 9.68. The molecule has 0 spiro atoms. The molecular weight excluding hydrogens is 465 g/mol. The fourth-order valence-corrected chi connectivity index (χ4v) is 4.87. The van der Waals surface area contributed by atoms with Gasteiger partial charge < -0.3 is 19.9 Å². The zero-order valence-corrected chi connectivity index (χ0v) is 18.1. The molecule has 8 nitrogen and oxygen atoms in total. The van der Waals surface area contributed by atoms with Crippen LogP contribution in [0.25, 0.3) is 0 Å². The first kappa shape index (κ1) is 23.5. The zero-order valence-electron chi connectivity index (χ0n) is 17.3. The van der Waals surface area contributed by atoms with Crippen molar-refractivity contribution in [1.82, 2.24) is 4.31 Å². The van der Waals surface area contributed by atoms with Crippen LogP contribution in [-0.2, 0) is 14.8 Å². The van der Waals surface area contributed by atoms with Crippen LogP contribution in [0.15, 0.2) is 35.2 Å². The number of aliphatic hydroxyl groups excluding tert-OH is 1. The van der Waals surface area contributed by atoms with Crippen molar-refractivity contribution in [3.8, 4) is 5.75 Å². The van der Waals surface area contributed by atoms with E-state index in [2.05, 4.69) is 5.32 Å². The third-order valence-electron chi connectivity index (χ3n) is 5.09. The van der Waals surface area contributed by atoms with Crippen molar-refractivity contribution < 1.29 is 41.0 Å². The molecule has 2 N–H and O–H groups in total. The molecular formula is C21H21F3N2O6S. The third-order valence-corrected chi connectivity index (χ3v) is 6.98. The number of carbonyl (C=O) groups is 1. The van der Waals surface area contributed by atoms with Crippen LogP contribution >= 0.6 is 0 Å². The number of hydrogen-bond donors (Lipinski definition) is 2. The van der Waals surface area contributed by atoms with Gasteiger partial charge in [0.2, 0.25) is 10.0 Å². The van der Waals surface area contributed by atoms with Crippen LogP contribution in [0.2, 0.25) is 0 Å². The molecule has 0 aromatic heterocycles. The Balaban J connectivity index is 1.66. The van der Waals surface area contributed by atoms with Crippen LogP contribution in [0.5, 0.6) is 5.75 Å². The average Bonchev–Trinajstić information content (AvgIpc) is 3.59. The van der Waals surface area contributed by atoms with Crippen LogP contribution in [-0.4, -0.2) is 62.2 Å². The lowest BCUT2D eigenvalue weighted by Crippen LogP contribution is -2.38. The minimum atomic E-state index is -4.20. The van der Waals surface area contributed by atoms with E-state index in [1.807, 2.05) is 0 Å². The Kier molecular flexibility index (Phi) is 6.61. The fraction of sp³-hybridized carbons (Fsp3) is 0.381. The SMILES string of the molecule is O=C(Nc1cc(F)c(F)c(F)c1)c1ccc(OC2CC2)c(S(=O)(=O)N2CCOCC(O)C2)c1. The number of amides is 1. The normalized spacial score (nSPS) is 19.7.